The summed E-state index contributed by atoms with van der Waals surface area (Å²) in [6, 6.07) is 19.2. The molecule has 4 rings (SSSR count). The number of aryl methyl sites for hydroxylation is 1. The standard InChI is InChI=1S/C27H28N6O/c1-17(2)19-7-5-8-21(15-19)31-26(34)20-11-10-18(3)24(16-20)32-25-22(9-6-13-29-25)23-12-14-30-27(28-4)33-23/h5-17H,1-4H3,(H,29,32)(H,31,34)(H,28,30,33). The molecule has 0 unspecified atom stereocenters. The van der Waals surface area contributed by atoms with Gasteiger partial charge in [0.2, 0.25) is 5.95 Å². The van der Waals surface area contributed by atoms with Gasteiger partial charge in [0.1, 0.15) is 5.82 Å². The Morgan fingerprint density at radius 3 is 2.59 bits per heavy atom. The number of aromatic nitrogens is 3. The molecular weight excluding hydrogens is 424 g/mol. The van der Waals surface area contributed by atoms with Gasteiger partial charge in [-0.25, -0.2) is 15.0 Å². The number of carbonyl (C=O) groups is 1. The second-order valence-corrected chi connectivity index (χ2v) is 8.30. The molecule has 34 heavy (non-hydrogen) atoms. The van der Waals surface area contributed by atoms with E-state index in [0.29, 0.717) is 23.2 Å². The lowest BCUT2D eigenvalue weighted by molar-refractivity contribution is 0.102. The van der Waals surface area contributed by atoms with Crippen molar-refractivity contribution in [1.82, 2.24) is 15.0 Å². The minimum absolute atomic E-state index is 0.167. The second-order valence-electron chi connectivity index (χ2n) is 8.30. The maximum absolute atomic E-state index is 13.0. The van der Waals surface area contributed by atoms with Crippen LogP contribution in [0.2, 0.25) is 0 Å². The van der Waals surface area contributed by atoms with Gasteiger partial charge in [0.15, 0.2) is 0 Å². The molecule has 7 nitrogen and oxygen atoms in total. The van der Waals surface area contributed by atoms with E-state index in [1.54, 1.807) is 19.4 Å². The van der Waals surface area contributed by atoms with Crippen LogP contribution in [0.1, 0.15) is 41.3 Å². The molecule has 0 fully saturated rings. The summed E-state index contributed by atoms with van der Waals surface area (Å²) in [4.78, 5) is 26.2. The van der Waals surface area contributed by atoms with Gasteiger partial charge in [-0.05, 0) is 66.4 Å². The average Bonchev–Trinajstić information content (AvgIpc) is 2.86. The van der Waals surface area contributed by atoms with Crippen LogP contribution in [-0.4, -0.2) is 27.9 Å². The lowest BCUT2D eigenvalue weighted by Crippen LogP contribution is -2.12. The zero-order chi connectivity index (χ0) is 24.1. The number of amides is 1. The van der Waals surface area contributed by atoms with Crippen LogP contribution >= 0.6 is 0 Å². The van der Waals surface area contributed by atoms with Crippen LogP contribution in [0.25, 0.3) is 11.3 Å². The Morgan fingerprint density at radius 1 is 0.941 bits per heavy atom. The van der Waals surface area contributed by atoms with Gasteiger partial charge in [-0.1, -0.05) is 32.0 Å². The molecule has 2 aromatic carbocycles. The zero-order valence-corrected chi connectivity index (χ0v) is 19.8. The first kappa shape index (κ1) is 22.9. The maximum atomic E-state index is 13.0. The molecule has 0 saturated carbocycles. The van der Waals surface area contributed by atoms with Crippen LogP contribution < -0.4 is 16.0 Å². The predicted octanol–water partition coefficient (Wildman–Crippen LogP) is 6.01. The van der Waals surface area contributed by atoms with Crippen molar-refractivity contribution >= 4 is 29.0 Å². The van der Waals surface area contributed by atoms with Crippen molar-refractivity contribution in [3.8, 4) is 11.3 Å². The molecule has 0 aliphatic heterocycles. The topological polar surface area (TPSA) is 91.8 Å². The fourth-order valence-corrected chi connectivity index (χ4v) is 3.55. The fraction of sp³-hybridized carbons (Fsp3) is 0.185. The molecule has 0 saturated heterocycles. The highest BCUT2D eigenvalue weighted by Gasteiger charge is 2.13. The highest BCUT2D eigenvalue weighted by molar-refractivity contribution is 6.05. The van der Waals surface area contributed by atoms with Gasteiger partial charge < -0.3 is 16.0 Å². The first-order valence-corrected chi connectivity index (χ1v) is 11.2. The first-order chi connectivity index (χ1) is 16.4. The summed E-state index contributed by atoms with van der Waals surface area (Å²) < 4.78 is 0. The lowest BCUT2D eigenvalue weighted by Gasteiger charge is -2.14. The van der Waals surface area contributed by atoms with E-state index in [1.165, 1.54) is 5.56 Å². The Morgan fingerprint density at radius 2 is 1.79 bits per heavy atom. The Kier molecular flexibility index (Phi) is 6.82. The summed E-state index contributed by atoms with van der Waals surface area (Å²) in [5.41, 5.74) is 5.88. The number of hydrogen-bond donors (Lipinski definition) is 3. The monoisotopic (exact) mass is 452 g/mol. The third-order valence-corrected chi connectivity index (χ3v) is 5.53. The van der Waals surface area contributed by atoms with Crippen LogP contribution in [0.5, 0.6) is 0 Å². The van der Waals surface area contributed by atoms with Gasteiger partial charge in [0, 0.05) is 41.9 Å². The van der Waals surface area contributed by atoms with E-state index in [4.69, 9.17) is 0 Å². The summed E-state index contributed by atoms with van der Waals surface area (Å²) in [5, 5.41) is 9.35. The quantitative estimate of drug-likeness (QED) is 0.318. The van der Waals surface area contributed by atoms with Gasteiger partial charge in [-0.2, -0.15) is 0 Å². The smallest absolute Gasteiger partial charge is 0.255 e. The molecular formula is C27H28N6O. The average molecular weight is 453 g/mol. The van der Waals surface area contributed by atoms with Gasteiger partial charge in [-0.15, -0.1) is 0 Å². The van der Waals surface area contributed by atoms with Crippen molar-refractivity contribution in [2.24, 2.45) is 0 Å². The molecule has 172 valence electrons. The zero-order valence-electron chi connectivity index (χ0n) is 19.8. The molecule has 2 heterocycles. The number of carbonyl (C=O) groups excluding carboxylic acids is 1. The van der Waals surface area contributed by atoms with E-state index in [2.05, 4.69) is 50.8 Å². The molecule has 0 bridgehead atoms. The molecule has 0 spiro atoms. The van der Waals surface area contributed by atoms with E-state index in [1.807, 2.05) is 61.5 Å². The van der Waals surface area contributed by atoms with Gasteiger partial charge >= 0.3 is 0 Å². The molecule has 3 N–H and O–H groups in total. The summed E-state index contributed by atoms with van der Waals surface area (Å²) in [5.74, 6) is 1.40. The number of rotatable bonds is 7. The number of nitrogens with one attached hydrogen (secondary N) is 3. The fourth-order valence-electron chi connectivity index (χ4n) is 3.55. The van der Waals surface area contributed by atoms with Gasteiger partial charge in [0.25, 0.3) is 5.91 Å². The third-order valence-electron chi connectivity index (χ3n) is 5.53. The lowest BCUT2D eigenvalue weighted by atomic mass is 10.0. The molecule has 4 aromatic rings. The van der Waals surface area contributed by atoms with Crippen LogP contribution in [0.3, 0.4) is 0 Å². The minimum atomic E-state index is -0.167. The van der Waals surface area contributed by atoms with Gasteiger partial charge in [0.05, 0.1) is 5.69 Å². The molecule has 0 radical (unpaired) electrons. The molecule has 7 heteroatoms. The second kappa shape index (κ2) is 10.1. The van der Waals surface area contributed by atoms with Crippen molar-refractivity contribution in [2.45, 2.75) is 26.7 Å². The first-order valence-electron chi connectivity index (χ1n) is 11.2. The summed E-state index contributed by atoms with van der Waals surface area (Å²) in [6.45, 7) is 6.25. The van der Waals surface area contributed by atoms with Gasteiger partial charge in [-0.3, -0.25) is 4.79 Å². The summed E-state index contributed by atoms with van der Waals surface area (Å²) in [6.07, 6.45) is 3.43. The van der Waals surface area contributed by atoms with E-state index < -0.39 is 0 Å². The SMILES string of the molecule is CNc1nccc(-c2cccnc2Nc2cc(C(=O)Nc3cccc(C(C)C)c3)ccc2C)n1. The molecule has 0 atom stereocenters. The predicted molar refractivity (Wildman–Crippen MR) is 138 cm³/mol. The van der Waals surface area contributed by atoms with Crippen molar-refractivity contribution in [3.05, 3.63) is 89.7 Å². The molecule has 1 amide bonds. The summed E-state index contributed by atoms with van der Waals surface area (Å²) in [7, 11) is 1.78. The molecule has 0 aliphatic carbocycles. The van der Waals surface area contributed by atoms with Crippen molar-refractivity contribution in [1.29, 1.82) is 0 Å². The van der Waals surface area contributed by atoms with Crippen LogP contribution in [0.4, 0.5) is 23.1 Å². The van der Waals surface area contributed by atoms with E-state index >= 15 is 0 Å². The third kappa shape index (κ3) is 5.20. The largest absolute Gasteiger partial charge is 0.357 e. The number of hydrogen-bond acceptors (Lipinski definition) is 6. The van der Waals surface area contributed by atoms with Crippen molar-refractivity contribution < 1.29 is 4.79 Å². The normalized spacial score (nSPS) is 10.7. The van der Waals surface area contributed by atoms with Crippen molar-refractivity contribution in [3.63, 3.8) is 0 Å². The summed E-state index contributed by atoms with van der Waals surface area (Å²) >= 11 is 0. The van der Waals surface area contributed by atoms with E-state index in [0.717, 1.165) is 28.2 Å². The van der Waals surface area contributed by atoms with Crippen LogP contribution in [0, 0.1) is 6.92 Å². The van der Waals surface area contributed by atoms with Crippen LogP contribution in [0.15, 0.2) is 73.1 Å². The highest BCUT2D eigenvalue weighted by Crippen LogP contribution is 2.29. The highest BCUT2D eigenvalue weighted by atomic mass is 16.1. The van der Waals surface area contributed by atoms with Crippen molar-refractivity contribution in [2.75, 3.05) is 23.0 Å². The number of benzene rings is 2. The minimum Gasteiger partial charge on any atom is -0.357 e. The molecule has 0 aliphatic rings. The van der Waals surface area contributed by atoms with E-state index in [9.17, 15) is 4.79 Å². The Hall–Kier alpha value is -4.26. The Bertz CT molecular complexity index is 1320. The Labute approximate surface area is 199 Å². The number of pyridine rings is 1. The molecule has 2 aromatic heterocycles. The van der Waals surface area contributed by atoms with E-state index in [-0.39, 0.29) is 5.91 Å². The Balaban J connectivity index is 1.60. The number of nitrogens with zero attached hydrogens (tertiary/aromatic N) is 3. The maximum Gasteiger partial charge on any atom is 0.255 e. The number of anilines is 4. The van der Waals surface area contributed by atoms with Crippen LogP contribution in [-0.2, 0) is 0 Å².